The molecule has 5 nitrogen and oxygen atoms in total. The van der Waals surface area contributed by atoms with E-state index in [4.69, 9.17) is 5.73 Å². The molecule has 1 aromatic rings. The second-order valence-corrected chi connectivity index (χ2v) is 3.69. The Morgan fingerprint density at radius 1 is 1.38 bits per heavy atom. The van der Waals surface area contributed by atoms with Crippen molar-refractivity contribution in [2.75, 3.05) is 0 Å². The Bertz CT molecular complexity index is 282. The van der Waals surface area contributed by atoms with Crippen LogP contribution in [0.25, 0.3) is 0 Å². The van der Waals surface area contributed by atoms with Crippen molar-refractivity contribution >= 4 is 0 Å². The Morgan fingerprint density at radius 3 is 2.77 bits per heavy atom. The minimum absolute atomic E-state index is 0.220. The summed E-state index contributed by atoms with van der Waals surface area (Å²) in [5.74, 6) is 1.14. The maximum Gasteiger partial charge on any atom is 0.179 e. The second-order valence-electron chi connectivity index (χ2n) is 3.69. The van der Waals surface area contributed by atoms with Crippen LogP contribution >= 0.6 is 0 Å². The summed E-state index contributed by atoms with van der Waals surface area (Å²) in [6, 6.07) is 0.220. The Kier molecular flexibility index (Phi) is 2.26. The fourth-order valence-electron chi connectivity index (χ4n) is 1.93. The van der Waals surface area contributed by atoms with E-state index in [0.29, 0.717) is 5.92 Å². The van der Waals surface area contributed by atoms with E-state index in [1.807, 2.05) is 0 Å². The third-order valence-electron chi connectivity index (χ3n) is 2.67. The smallest absolute Gasteiger partial charge is 0.179 e. The lowest BCUT2D eigenvalue weighted by atomic mass is 9.85. The molecule has 2 unspecified atom stereocenters. The molecule has 1 heterocycles. The van der Waals surface area contributed by atoms with Gasteiger partial charge in [-0.3, -0.25) is 0 Å². The van der Waals surface area contributed by atoms with Gasteiger partial charge in [-0.05, 0) is 18.1 Å². The van der Waals surface area contributed by atoms with Gasteiger partial charge in [-0.2, -0.15) is 4.80 Å². The van der Waals surface area contributed by atoms with E-state index in [0.717, 1.165) is 18.7 Å². The molecule has 0 aliphatic heterocycles. The molecule has 0 aromatic carbocycles. The van der Waals surface area contributed by atoms with E-state index in [1.54, 1.807) is 7.05 Å². The topological polar surface area (TPSA) is 69.6 Å². The average Bonchev–Trinajstić information content (AvgIpc) is 2.53. The number of aryl methyl sites for hydroxylation is 1. The quantitative estimate of drug-likeness (QED) is 0.671. The zero-order valence-corrected chi connectivity index (χ0v) is 7.85. The van der Waals surface area contributed by atoms with Gasteiger partial charge < -0.3 is 5.73 Å². The Morgan fingerprint density at radius 2 is 2.15 bits per heavy atom. The fraction of sp³-hybridized carbons (Fsp3) is 0.875. The Hall–Kier alpha value is -0.970. The van der Waals surface area contributed by atoms with Gasteiger partial charge in [0.05, 0.1) is 7.05 Å². The van der Waals surface area contributed by atoms with Crippen molar-refractivity contribution in [1.82, 2.24) is 20.2 Å². The first-order valence-corrected chi connectivity index (χ1v) is 4.77. The van der Waals surface area contributed by atoms with E-state index in [1.165, 1.54) is 17.6 Å². The fourth-order valence-corrected chi connectivity index (χ4v) is 1.93. The van der Waals surface area contributed by atoms with Crippen LogP contribution in [0, 0.1) is 0 Å². The zero-order valence-electron chi connectivity index (χ0n) is 7.85. The summed E-state index contributed by atoms with van der Waals surface area (Å²) in [6.07, 6.45) is 4.66. The molecule has 5 heteroatoms. The summed E-state index contributed by atoms with van der Waals surface area (Å²) in [4.78, 5) is 1.50. The maximum atomic E-state index is 6.00. The van der Waals surface area contributed by atoms with Crippen molar-refractivity contribution < 1.29 is 0 Å². The summed E-state index contributed by atoms with van der Waals surface area (Å²) < 4.78 is 0. The van der Waals surface area contributed by atoms with Crippen molar-refractivity contribution in [3.05, 3.63) is 5.82 Å². The van der Waals surface area contributed by atoms with Gasteiger partial charge in [0.25, 0.3) is 0 Å². The van der Waals surface area contributed by atoms with Crippen molar-refractivity contribution in [2.45, 2.75) is 37.6 Å². The van der Waals surface area contributed by atoms with Crippen molar-refractivity contribution in [3.63, 3.8) is 0 Å². The van der Waals surface area contributed by atoms with Crippen LogP contribution in [0.5, 0.6) is 0 Å². The van der Waals surface area contributed by atoms with Crippen LogP contribution in [0.3, 0.4) is 0 Å². The van der Waals surface area contributed by atoms with Gasteiger partial charge in [0.1, 0.15) is 0 Å². The van der Waals surface area contributed by atoms with Crippen LogP contribution in [-0.2, 0) is 7.05 Å². The van der Waals surface area contributed by atoms with E-state index in [9.17, 15) is 0 Å². The molecule has 0 spiro atoms. The number of nitrogens with zero attached hydrogens (tertiary/aromatic N) is 4. The van der Waals surface area contributed by atoms with Gasteiger partial charge in [0, 0.05) is 12.0 Å². The highest BCUT2D eigenvalue weighted by Crippen LogP contribution is 2.29. The molecule has 1 saturated carbocycles. The lowest BCUT2D eigenvalue weighted by Crippen LogP contribution is -2.32. The second kappa shape index (κ2) is 3.41. The lowest BCUT2D eigenvalue weighted by molar-refractivity contribution is 0.372. The molecule has 0 bridgehead atoms. The average molecular weight is 181 g/mol. The van der Waals surface area contributed by atoms with Crippen LogP contribution in [0.2, 0.25) is 0 Å². The van der Waals surface area contributed by atoms with Gasteiger partial charge in [-0.25, -0.2) is 0 Å². The number of aromatic nitrogens is 4. The summed E-state index contributed by atoms with van der Waals surface area (Å²) in [5, 5.41) is 12.0. The molecular weight excluding hydrogens is 166 g/mol. The van der Waals surface area contributed by atoms with Crippen LogP contribution in [0.15, 0.2) is 0 Å². The minimum atomic E-state index is 0.220. The molecule has 2 N–H and O–H groups in total. The highest BCUT2D eigenvalue weighted by molar-refractivity contribution is 4.99. The van der Waals surface area contributed by atoms with Gasteiger partial charge >= 0.3 is 0 Å². The van der Waals surface area contributed by atoms with Gasteiger partial charge in [0.2, 0.25) is 0 Å². The third-order valence-corrected chi connectivity index (χ3v) is 2.67. The summed E-state index contributed by atoms with van der Waals surface area (Å²) in [5.41, 5.74) is 6.00. The van der Waals surface area contributed by atoms with Gasteiger partial charge in [-0.15, -0.1) is 10.2 Å². The van der Waals surface area contributed by atoms with E-state index in [2.05, 4.69) is 15.4 Å². The van der Waals surface area contributed by atoms with Crippen molar-refractivity contribution in [3.8, 4) is 0 Å². The van der Waals surface area contributed by atoms with E-state index < -0.39 is 0 Å². The van der Waals surface area contributed by atoms with Crippen LogP contribution < -0.4 is 5.73 Å². The summed E-state index contributed by atoms with van der Waals surface area (Å²) >= 11 is 0. The van der Waals surface area contributed by atoms with Crippen LogP contribution in [0.1, 0.15) is 37.4 Å². The van der Waals surface area contributed by atoms with Crippen molar-refractivity contribution in [1.29, 1.82) is 0 Å². The molecule has 2 atom stereocenters. The molecular formula is C8H15N5. The molecule has 72 valence electrons. The molecule has 13 heavy (non-hydrogen) atoms. The lowest BCUT2D eigenvalue weighted by Gasteiger charge is -2.25. The molecule has 1 aliphatic carbocycles. The van der Waals surface area contributed by atoms with Crippen LogP contribution in [0.4, 0.5) is 0 Å². The summed E-state index contributed by atoms with van der Waals surface area (Å²) in [6.45, 7) is 0. The number of nitrogens with two attached hydrogens (primary N) is 1. The van der Waals surface area contributed by atoms with Gasteiger partial charge in [-0.1, -0.05) is 12.8 Å². The highest BCUT2D eigenvalue weighted by Gasteiger charge is 2.26. The van der Waals surface area contributed by atoms with Gasteiger partial charge in [0.15, 0.2) is 5.82 Å². The number of hydrogen-bond acceptors (Lipinski definition) is 4. The van der Waals surface area contributed by atoms with E-state index >= 15 is 0 Å². The Labute approximate surface area is 77.3 Å². The molecule has 0 radical (unpaired) electrons. The Balaban J connectivity index is 2.14. The van der Waals surface area contributed by atoms with E-state index in [-0.39, 0.29) is 6.04 Å². The molecule has 2 rings (SSSR count). The summed E-state index contributed by atoms with van der Waals surface area (Å²) in [7, 11) is 1.78. The molecule has 0 saturated heterocycles. The SMILES string of the molecule is Cn1nnc(C2CCCCC2N)n1. The third kappa shape index (κ3) is 1.70. The minimum Gasteiger partial charge on any atom is -0.327 e. The molecule has 0 amide bonds. The maximum absolute atomic E-state index is 6.00. The predicted octanol–water partition coefficient (Wildman–Crippen LogP) is 0.195. The standard InChI is InChI=1S/C8H15N5/c1-13-11-8(10-12-13)6-4-2-3-5-7(6)9/h6-7H,2-5,9H2,1H3. The first kappa shape index (κ1) is 8.62. The van der Waals surface area contributed by atoms with Crippen molar-refractivity contribution in [2.24, 2.45) is 12.8 Å². The number of rotatable bonds is 1. The molecule has 1 aromatic heterocycles. The monoisotopic (exact) mass is 181 g/mol. The largest absolute Gasteiger partial charge is 0.327 e. The molecule has 1 aliphatic rings. The molecule has 1 fully saturated rings. The van der Waals surface area contributed by atoms with Crippen LogP contribution in [-0.4, -0.2) is 26.2 Å². The number of hydrogen-bond donors (Lipinski definition) is 1. The normalized spacial score (nSPS) is 29.1. The zero-order chi connectivity index (χ0) is 9.26. The first-order valence-electron chi connectivity index (χ1n) is 4.77. The predicted molar refractivity (Wildman–Crippen MR) is 48.0 cm³/mol. The number of tetrazole rings is 1. The highest BCUT2D eigenvalue weighted by atomic mass is 15.6. The first-order chi connectivity index (χ1) is 6.27.